The minimum absolute atomic E-state index is 0.0193. The normalized spacial score (nSPS) is 16.6. The number of rotatable bonds is 7. The summed E-state index contributed by atoms with van der Waals surface area (Å²) >= 11 is 6.10. The number of H-pyrrole nitrogens is 1. The third kappa shape index (κ3) is 5.19. The molecule has 0 spiro atoms. The van der Waals surface area contributed by atoms with Crippen molar-refractivity contribution in [3.05, 3.63) is 83.3 Å². The lowest BCUT2D eigenvalue weighted by Crippen LogP contribution is -2.47. The number of fused-ring (bicyclic) bond motifs is 1. The second-order valence-electron chi connectivity index (χ2n) is 8.58. The van der Waals surface area contributed by atoms with Gasteiger partial charge in [0.05, 0.1) is 6.61 Å². The Morgan fingerprint density at radius 3 is 2.68 bits per heavy atom. The molecule has 1 atom stereocenters. The zero-order chi connectivity index (χ0) is 26.2. The molecule has 0 unspecified atom stereocenters. The maximum absolute atomic E-state index is 13.7. The molecule has 37 heavy (non-hydrogen) atoms. The smallest absolute Gasteiger partial charge is 0.266 e. The van der Waals surface area contributed by atoms with Crippen LogP contribution in [0.15, 0.2) is 71.6 Å². The van der Waals surface area contributed by atoms with E-state index < -0.39 is 22.0 Å². The first-order chi connectivity index (χ1) is 17.7. The molecule has 1 aliphatic heterocycles. The largest absolute Gasteiger partial charge is 0.491 e. The van der Waals surface area contributed by atoms with Gasteiger partial charge in [0.1, 0.15) is 34.9 Å². The van der Waals surface area contributed by atoms with Gasteiger partial charge in [0, 0.05) is 29.0 Å². The average Bonchev–Trinajstić information content (AvgIpc) is 3.28. The van der Waals surface area contributed by atoms with Crippen molar-refractivity contribution in [2.24, 2.45) is 5.73 Å². The van der Waals surface area contributed by atoms with Crippen LogP contribution in [-0.2, 0) is 14.8 Å². The molecule has 192 valence electrons. The molecule has 3 aromatic carbocycles. The Kier molecular flexibility index (Phi) is 6.91. The first-order valence-corrected chi connectivity index (χ1v) is 13.3. The van der Waals surface area contributed by atoms with Gasteiger partial charge in [-0.2, -0.15) is 4.31 Å². The van der Waals surface area contributed by atoms with Crippen LogP contribution < -0.4 is 10.5 Å². The van der Waals surface area contributed by atoms with Gasteiger partial charge >= 0.3 is 0 Å². The number of nitrogens with two attached hydrogens (primary N) is 1. The summed E-state index contributed by atoms with van der Waals surface area (Å²) in [4.78, 5) is 14.7. The molecule has 2 heterocycles. The van der Waals surface area contributed by atoms with E-state index in [1.165, 1.54) is 22.5 Å². The first-order valence-electron chi connectivity index (χ1n) is 11.4. The van der Waals surface area contributed by atoms with E-state index in [4.69, 9.17) is 26.8 Å². The van der Waals surface area contributed by atoms with Crippen molar-refractivity contribution in [2.45, 2.75) is 11.0 Å². The minimum atomic E-state index is -4.12. The van der Waals surface area contributed by atoms with E-state index in [0.29, 0.717) is 21.7 Å². The van der Waals surface area contributed by atoms with E-state index in [-0.39, 0.29) is 42.7 Å². The van der Waals surface area contributed by atoms with E-state index in [0.717, 1.165) is 11.1 Å². The van der Waals surface area contributed by atoms with Gasteiger partial charge < -0.3 is 20.2 Å². The molecule has 0 radical (unpaired) electrons. The summed E-state index contributed by atoms with van der Waals surface area (Å²) in [6.45, 7) is 0.370. The van der Waals surface area contributed by atoms with Crippen LogP contribution in [0.25, 0.3) is 22.0 Å². The molecule has 1 aliphatic rings. The molecule has 5 rings (SSSR count). The van der Waals surface area contributed by atoms with Crippen molar-refractivity contribution < 1.29 is 27.1 Å². The third-order valence-corrected chi connectivity index (χ3v) is 8.29. The van der Waals surface area contributed by atoms with Crippen LogP contribution in [0.5, 0.6) is 5.75 Å². The van der Waals surface area contributed by atoms with Crippen LogP contribution >= 0.6 is 11.6 Å². The van der Waals surface area contributed by atoms with Crippen LogP contribution in [0, 0.1) is 5.82 Å². The topological polar surface area (TPSA) is 115 Å². The van der Waals surface area contributed by atoms with Crippen molar-refractivity contribution >= 4 is 38.4 Å². The highest BCUT2D eigenvalue weighted by Crippen LogP contribution is 2.32. The average molecular weight is 544 g/mol. The molecule has 4 aromatic rings. The van der Waals surface area contributed by atoms with Crippen LogP contribution in [0.4, 0.5) is 4.39 Å². The second kappa shape index (κ2) is 10.1. The number of nitrogens with zero attached hydrogens (tertiary/aromatic N) is 1. The molecule has 3 N–H and O–H groups in total. The Hall–Kier alpha value is -3.44. The fourth-order valence-electron chi connectivity index (χ4n) is 4.32. The first kappa shape index (κ1) is 25.2. The highest BCUT2D eigenvalue weighted by molar-refractivity contribution is 7.89. The number of halogens is 2. The number of hydrogen-bond donors (Lipinski definition) is 2. The number of primary amides is 1. The maximum atomic E-state index is 13.7. The predicted octanol–water partition coefficient (Wildman–Crippen LogP) is 4.19. The summed E-state index contributed by atoms with van der Waals surface area (Å²) in [5.41, 5.74) is 7.42. The van der Waals surface area contributed by atoms with Crippen molar-refractivity contribution in [1.29, 1.82) is 0 Å². The highest BCUT2D eigenvalue weighted by Gasteiger charge is 2.36. The summed E-state index contributed by atoms with van der Waals surface area (Å²) in [5.74, 6) is -0.642. The molecule has 1 fully saturated rings. The lowest BCUT2D eigenvalue weighted by atomic mass is 10.1. The summed E-state index contributed by atoms with van der Waals surface area (Å²) in [5, 5.41) is 0.619. The number of aromatic amines is 1. The number of sulfonamides is 1. The van der Waals surface area contributed by atoms with E-state index in [1.807, 2.05) is 18.2 Å². The number of carbonyl (C=O) groups excluding carboxylic acids is 1. The molecular formula is C26H23ClFN3O5S. The highest BCUT2D eigenvalue weighted by atomic mass is 35.5. The van der Waals surface area contributed by atoms with Crippen LogP contribution in [-0.4, -0.2) is 56.0 Å². The van der Waals surface area contributed by atoms with E-state index in [9.17, 15) is 17.6 Å². The molecule has 0 bridgehead atoms. The number of hydrogen-bond acceptors (Lipinski definition) is 5. The Labute approximate surface area is 217 Å². The standard InChI is InChI=1S/C26H23ClFN3O5S/c27-18-6-9-23-22(13-18)25(24(30-23)26(29)32)37(33,34)31-10-11-35-21(14-31)15-36-20-3-1-2-17(12-20)16-4-7-19(28)8-5-16/h1-9,12-13,21,30H,10-11,14-15H2,(H2,29,32)/t21-/m0/s1. The molecule has 1 aromatic heterocycles. The lowest BCUT2D eigenvalue weighted by Gasteiger charge is -2.32. The molecule has 0 saturated carbocycles. The quantitative estimate of drug-likeness (QED) is 0.363. The van der Waals surface area contributed by atoms with Gasteiger partial charge in [0.25, 0.3) is 5.91 Å². The summed E-state index contributed by atoms with van der Waals surface area (Å²) in [6, 6.07) is 18.1. The van der Waals surface area contributed by atoms with Crippen LogP contribution in [0.3, 0.4) is 0 Å². The molecular weight excluding hydrogens is 521 g/mol. The maximum Gasteiger partial charge on any atom is 0.266 e. The fraction of sp³-hybridized carbons (Fsp3) is 0.192. The van der Waals surface area contributed by atoms with Crippen molar-refractivity contribution in [3.63, 3.8) is 0 Å². The molecule has 0 aliphatic carbocycles. The molecule has 1 saturated heterocycles. The second-order valence-corrected chi connectivity index (χ2v) is 10.9. The van der Waals surface area contributed by atoms with Crippen LogP contribution in [0.2, 0.25) is 5.02 Å². The lowest BCUT2D eigenvalue weighted by molar-refractivity contribution is -0.0249. The van der Waals surface area contributed by atoms with Gasteiger partial charge in [-0.15, -0.1) is 0 Å². The Bertz CT molecular complexity index is 1570. The Balaban J connectivity index is 1.34. The number of aromatic nitrogens is 1. The molecule has 1 amide bonds. The molecule has 8 nitrogen and oxygen atoms in total. The predicted molar refractivity (Wildman–Crippen MR) is 138 cm³/mol. The summed E-state index contributed by atoms with van der Waals surface area (Å²) in [7, 11) is -4.12. The van der Waals surface area contributed by atoms with E-state index >= 15 is 0 Å². The SMILES string of the molecule is NC(=O)c1[nH]c2ccc(Cl)cc2c1S(=O)(=O)N1CCO[C@H](COc2cccc(-c3ccc(F)cc3)c2)C1. The third-order valence-electron chi connectivity index (χ3n) is 6.11. The Morgan fingerprint density at radius 2 is 1.92 bits per heavy atom. The summed E-state index contributed by atoms with van der Waals surface area (Å²) in [6.07, 6.45) is -0.552. The van der Waals surface area contributed by atoms with E-state index in [1.54, 1.807) is 30.3 Å². The number of morpholine rings is 1. The minimum Gasteiger partial charge on any atom is -0.491 e. The molecule has 11 heteroatoms. The van der Waals surface area contributed by atoms with Crippen molar-refractivity contribution in [1.82, 2.24) is 9.29 Å². The van der Waals surface area contributed by atoms with Gasteiger partial charge in [-0.25, -0.2) is 12.8 Å². The van der Waals surface area contributed by atoms with Crippen molar-refractivity contribution in [3.8, 4) is 16.9 Å². The number of amides is 1. The van der Waals surface area contributed by atoms with Gasteiger partial charge in [-0.3, -0.25) is 4.79 Å². The van der Waals surface area contributed by atoms with Gasteiger partial charge in [0.15, 0.2) is 0 Å². The van der Waals surface area contributed by atoms with E-state index in [2.05, 4.69) is 4.98 Å². The number of benzene rings is 3. The number of carbonyl (C=O) groups is 1. The van der Waals surface area contributed by atoms with Crippen molar-refractivity contribution in [2.75, 3.05) is 26.3 Å². The number of nitrogens with one attached hydrogen (secondary N) is 1. The fourth-order valence-corrected chi connectivity index (χ4v) is 6.28. The zero-order valence-electron chi connectivity index (χ0n) is 19.5. The zero-order valence-corrected chi connectivity index (χ0v) is 21.1. The van der Waals surface area contributed by atoms with Gasteiger partial charge in [-0.05, 0) is 53.6 Å². The van der Waals surface area contributed by atoms with Gasteiger partial charge in [0.2, 0.25) is 10.0 Å². The number of ether oxygens (including phenoxy) is 2. The summed E-state index contributed by atoms with van der Waals surface area (Å²) < 4.78 is 53.5. The monoisotopic (exact) mass is 543 g/mol. The Morgan fingerprint density at radius 1 is 1.14 bits per heavy atom. The van der Waals surface area contributed by atoms with Gasteiger partial charge in [-0.1, -0.05) is 35.9 Å². The van der Waals surface area contributed by atoms with Crippen LogP contribution in [0.1, 0.15) is 10.5 Å².